The molecule has 0 saturated heterocycles. The van der Waals surface area contributed by atoms with Crippen LogP contribution in [0.4, 0.5) is 5.69 Å². The van der Waals surface area contributed by atoms with E-state index in [-0.39, 0.29) is 11.8 Å². The number of carbonyl (C=O) groups is 1. The summed E-state index contributed by atoms with van der Waals surface area (Å²) in [5, 5.41) is 11.9. The molecule has 1 saturated carbocycles. The molecule has 0 aromatic heterocycles. The standard InChI is InChI=1S/C14H15BrN2O/c15-12-7-6-11(9-16)13(8-12)17-14(18)10-4-2-1-3-5-10/h6-8,10H,1-5H2,(H,17,18). The van der Waals surface area contributed by atoms with Crippen molar-refractivity contribution in [1.82, 2.24) is 0 Å². The monoisotopic (exact) mass is 306 g/mol. The molecule has 0 spiro atoms. The molecule has 0 radical (unpaired) electrons. The second kappa shape index (κ2) is 6.01. The predicted octanol–water partition coefficient (Wildman–Crippen LogP) is 3.84. The van der Waals surface area contributed by atoms with Crippen LogP contribution in [-0.4, -0.2) is 5.91 Å². The number of hydrogen-bond donors (Lipinski definition) is 1. The molecule has 94 valence electrons. The fourth-order valence-electron chi connectivity index (χ4n) is 2.32. The summed E-state index contributed by atoms with van der Waals surface area (Å²) >= 11 is 3.35. The molecular weight excluding hydrogens is 292 g/mol. The summed E-state index contributed by atoms with van der Waals surface area (Å²) in [6.45, 7) is 0. The van der Waals surface area contributed by atoms with E-state index < -0.39 is 0 Å². The summed E-state index contributed by atoms with van der Waals surface area (Å²) in [4.78, 5) is 12.1. The number of hydrogen-bond acceptors (Lipinski definition) is 2. The fourth-order valence-corrected chi connectivity index (χ4v) is 2.68. The van der Waals surface area contributed by atoms with Gasteiger partial charge in [0, 0.05) is 10.4 Å². The molecular formula is C14H15BrN2O. The van der Waals surface area contributed by atoms with Crippen LogP contribution in [-0.2, 0) is 4.79 Å². The van der Waals surface area contributed by atoms with E-state index in [4.69, 9.17) is 5.26 Å². The summed E-state index contributed by atoms with van der Waals surface area (Å²) < 4.78 is 0.862. The molecule has 1 N–H and O–H groups in total. The molecule has 0 heterocycles. The Morgan fingerprint density at radius 3 is 2.72 bits per heavy atom. The maximum atomic E-state index is 12.1. The van der Waals surface area contributed by atoms with Crippen LogP contribution in [0.15, 0.2) is 22.7 Å². The Bertz CT molecular complexity index is 487. The molecule has 4 heteroatoms. The number of amides is 1. The lowest BCUT2D eigenvalue weighted by atomic mass is 9.88. The number of rotatable bonds is 2. The highest BCUT2D eigenvalue weighted by molar-refractivity contribution is 9.10. The summed E-state index contributed by atoms with van der Waals surface area (Å²) in [5.41, 5.74) is 1.10. The summed E-state index contributed by atoms with van der Waals surface area (Å²) in [6, 6.07) is 7.38. The van der Waals surface area contributed by atoms with Gasteiger partial charge in [0.05, 0.1) is 11.3 Å². The van der Waals surface area contributed by atoms with Crippen molar-refractivity contribution in [3.63, 3.8) is 0 Å². The highest BCUT2D eigenvalue weighted by atomic mass is 79.9. The van der Waals surface area contributed by atoms with E-state index in [0.717, 1.165) is 30.2 Å². The largest absolute Gasteiger partial charge is 0.325 e. The van der Waals surface area contributed by atoms with E-state index in [9.17, 15) is 4.79 Å². The van der Waals surface area contributed by atoms with E-state index in [1.54, 1.807) is 18.2 Å². The van der Waals surface area contributed by atoms with Gasteiger partial charge in [-0.15, -0.1) is 0 Å². The van der Waals surface area contributed by atoms with Crippen LogP contribution < -0.4 is 5.32 Å². The second-order valence-electron chi connectivity index (χ2n) is 4.63. The third-order valence-electron chi connectivity index (χ3n) is 3.34. The Balaban J connectivity index is 2.11. The zero-order chi connectivity index (χ0) is 13.0. The van der Waals surface area contributed by atoms with Gasteiger partial charge in [0.25, 0.3) is 0 Å². The Morgan fingerprint density at radius 2 is 2.06 bits per heavy atom. The van der Waals surface area contributed by atoms with E-state index in [1.807, 2.05) is 0 Å². The van der Waals surface area contributed by atoms with Crippen LogP contribution in [0, 0.1) is 17.2 Å². The lowest BCUT2D eigenvalue weighted by Crippen LogP contribution is -2.25. The van der Waals surface area contributed by atoms with Gasteiger partial charge < -0.3 is 5.32 Å². The molecule has 1 aromatic carbocycles. The number of carbonyl (C=O) groups excluding carboxylic acids is 1. The zero-order valence-corrected chi connectivity index (χ0v) is 11.7. The minimum absolute atomic E-state index is 0.0456. The van der Waals surface area contributed by atoms with Crippen molar-refractivity contribution in [3.05, 3.63) is 28.2 Å². The Labute approximate surface area is 115 Å². The maximum Gasteiger partial charge on any atom is 0.227 e. The van der Waals surface area contributed by atoms with Gasteiger partial charge in [-0.3, -0.25) is 4.79 Å². The van der Waals surface area contributed by atoms with E-state index in [2.05, 4.69) is 27.3 Å². The van der Waals surface area contributed by atoms with Gasteiger partial charge in [-0.05, 0) is 31.0 Å². The van der Waals surface area contributed by atoms with Gasteiger partial charge >= 0.3 is 0 Å². The van der Waals surface area contributed by atoms with Crippen LogP contribution in [0.1, 0.15) is 37.7 Å². The first-order valence-corrected chi connectivity index (χ1v) is 7.00. The highest BCUT2D eigenvalue weighted by Gasteiger charge is 2.21. The van der Waals surface area contributed by atoms with Gasteiger partial charge in [0.2, 0.25) is 5.91 Å². The molecule has 1 aliphatic rings. The minimum atomic E-state index is 0.0456. The van der Waals surface area contributed by atoms with Crippen molar-refractivity contribution in [2.45, 2.75) is 32.1 Å². The van der Waals surface area contributed by atoms with Crippen molar-refractivity contribution >= 4 is 27.5 Å². The van der Waals surface area contributed by atoms with Crippen LogP contribution in [0.2, 0.25) is 0 Å². The quantitative estimate of drug-likeness (QED) is 0.902. The van der Waals surface area contributed by atoms with Crippen LogP contribution in [0.25, 0.3) is 0 Å². The van der Waals surface area contributed by atoms with Crippen molar-refractivity contribution in [3.8, 4) is 6.07 Å². The third kappa shape index (κ3) is 3.11. The molecule has 1 aromatic rings. The molecule has 0 atom stereocenters. The third-order valence-corrected chi connectivity index (χ3v) is 3.83. The van der Waals surface area contributed by atoms with Gasteiger partial charge in [-0.25, -0.2) is 0 Å². The first-order chi connectivity index (χ1) is 8.70. The molecule has 0 unspecified atom stereocenters. The topological polar surface area (TPSA) is 52.9 Å². The highest BCUT2D eigenvalue weighted by Crippen LogP contribution is 2.26. The maximum absolute atomic E-state index is 12.1. The van der Waals surface area contributed by atoms with Gasteiger partial charge in [0.15, 0.2) is 0 Å². The molecule has 0 bridgehead atoms. The molecule has 18 heavy (non-hydrogen) atoms. The lowest BCUT2D eigenvalue weighted by Gasteiger charge is -2.21. The van der Waals surface area contributed by atoms with Gasteiger partial charge in [0.1, 0.15) is 6.07 Å². The average molecular weight is 307 g/mol. The van der Waals surface area contributed by atoms with E-state index >= 15 is 0 Å². The average Bonchev–Trinajstić information content (AvgIpc) is 2.40. The van der Waals surface area contributed by atoms with Crippen molar-refractivity contribution < 1.29 is 4.79 Å². The summed E-state index contributed by atoms with van der Waals surface area (Å²) in [5.74, 6) is 0.147. The summed E-state index contributed by atoms with van der Waals surface area (Å²) in [7, 11) is 0. The van der Waals surface area contributed by atoms with Crippen LogP contribution >= 0.6 is 15.9 Å². The number of benzene rings is 1. The first-order valence-electron chi connectivity index (χ1n) is 6.21. The number of anilines is 1. The lowest BCUT2D eigenvalue weighted by molar-refractivity contribution is -0.120. The van der Waals surface area contributed by atoms with E-state index in [0.29, 0.717) is 11.3 Å². The molecule has 1 amide bonds. The van der Waals surface area contributed by atoms with E-state index in [1.165, 1.54) is 6.42 Å². The number of nitrogens with one attached hydrogen (secondary N) is 1. The van der Waals surface area contributed by atoms with Crippen LogP contribution in [0.3, 0.4) is 0 Å². The number of nitrogens with zero attached hydrogens (tertiary/aromatic N) is 1. The van der Waals surface area contributed by atoms with Crippen molar-refractivity contribution in [2.24, 2.45) is 5.92 Å². The molecule has 2 rings (SSSR count). The van der Waals surface area contributed by atoms with Crippen LogP contribution in [0.5, 0.6) is 0 Å². The molecule has 0 aliphatic heterocycles. The molecule has 3 nitrogen and oxygen atoms in total. The number of halogens is 1. The fraction of sp³-hybridized carbons (Fsp3) is 0.429. The normalized spacial score (nSPS) is 16.0. The number of nitriles is 1. The Morgan fingerprint density at radius 1 is 1.33 bits per heavy atom. The van der Waals surface area contributed by atoms with Crippen molar-refractivity contribution in [1.29, 1.82) is 5.26 Å². The predicted molar refractivity (Wildman–Crippen MR) is 74.1 cm³/mol. The smallest absolute Gasteiger partial charge is 0.227 e. The minimum Gasteiger partial charge on any atom is -0.325 e. The van der Waals surface area contributed by atoms with Gasteiger partial charge in [-0.1, -0.05) is 35.2 Å². The molecule has 1 aliphatic carbocycles. The SMILES string of the molecule is N#Cc1ccc(Br)cc1NC(=O)C1CCCCC1. The molecule has 1 fully saturated rings. The second-order valence-corrected chi connectivity index (χ2v) is 5.54. The van der Waals surface area contributed by atoms with Crippen molar-refractivity contribution in [2.75, 3.05) is 5.32 Å². The Hall–Kier alpha value is -1.34. The first kappa shape index (κ1) is 13.1. The van der Waals surface area contributed by atoms with Gasteiger partial charge in [-0.2, -0.15) is 5.26 Å². The summed E-state index contributed by atoms with van der Waals surface area (Å²) in [6.07, 6.45) is 5.40. The Kier molecular flexibility index (Phi) is 4.38. The zero-order valence-electron chi connectivity index (χ0n) is 10.1.